The number of carboxylic acids is 3. The van der Waals surface area contributed by atoms with Crippen LogP contribution in [0.25, 0.3) is 0 Å². The van der Waals surface area contributed by atoms with E-state index in [0.717, 1.165) is 88.4 Å². The van der Waals surface area contributed by atoms with Gasteiger partial charge in [0.2, 0.25) is 0 Å². The summed E-state index contributed by atoms with van der Waals surface area (Å²) < 4.78 is 0. The first-order chi connectivity index (χ1) is 19.3. The summed E-state index contributed by atoms with van der Waals surface area (Å²) in [6, 6.07) is 0. The third-order valence-electron chi connectivity index (χ3n) is 13.4. The van der Waals surface area contributed by atoms with Gasteiger partial charge in [0.1, 0.15) is 5.78 Å². The van der Waals surface area contributed by atoms with Crippen molar-refractivity contribution in [3.8, 4) is 0 Å². The monoisotopic (exact) mass is 570 g/mol. The van der Waals surface area contributed by atoms with Gasteiger partial charge in [-0.3, -0.25) is 19.2 Å². The minimum Gasteiger partial charge on any atom is -0.481 e. The van der Waals surface area contributed by atoms with Gasteiger partial charge in [0.15, 0.2) is 0 Å². The highest BCUT2D eigenvalue weighted by atomic mass is 16.4. The van der Waals surface area contributed by atoms with E-state index in [1.165, 1.54) is 19.3 Å². The first kappa shape index (κ1) is 27.8. The molecule has 4 N–H and O–H groups in total. The number of hydrogen-bond acceptors (Lipinski definition) is 5. The van der Waals surface area contributed by atoms with Gasteiger partial charge >= 0.3 is 17.9 Å². The molecule has 8 heteroatoms. The number of ketones is 1. The molecule has 0 aliphatic heterocycles. The molecular weight excluding hydrogens is 524 g/mol. The van der Waals surface area contributed by atoms with Crippen LogP contribution in [0.1, 0.15) is 109 Å². The minimum absolute atomic E-state index is 0.0809. The molecule has 0 radical (unpaired) electrons. The van der Waals surface area contributed by atoms with Gasteiger partial charge in [0.25, 0.3) is 0 Å². The molecule has 8 nitrogen and oxygen atoms in total. The molecule has 0 aromatic heterocycles. The van der Waals surface area contributed by atoms with E-state index in [0.29, 0.717) is 42.8 Å². The van der Waals surface area contributed by atoms with Crippen molar-refractivity contribution in [3.63, 3.8) is 0 Å². The summed E-state index contributed by atoms with van der Waals surface area (Å²) in [6.07, 6.45) is 15.9. The molecule has 0 spiro atoms. The molecule has 4 atom stereocenters. The highest BCUT2D eigenvalue weighted by Crippen LogP contribution is 2.62. The van der Waals surface area contributed by atoms with Crippen LogP contribution in [0, 0.1) is 63.6 Å². The van der Waals surface area contributed by atoms with Crippen LogP contribution in [-0.4, -0.2) is 49.7 Å². The lowest BCUT2D eigenvalue weighted by Crippen LogP contribution is -2.58. The van der Waals surface area contributed by atoms with E-state index in [4.69, 9.17) is 0 Å². The van der Waals surface area contributed by atoms with Crippen LogP contribution >= 0.6 is 0 Å². The molecule has 0 aromatic carbocycles. The van der Waals surface area contributed by atoms with Crippen molar-refractivity contribution in [2.45, 2.75) is 115 Å². The Morgan fingerprint density at radius 2 is 0.829 bits per heavy atom. The average molecular weight is 571 g/mol. The molecule has 0 saturated heterocycles. The van der Waals surface area contributed by atoms with Gasteiger partial charge in [-0.2, -0.15) is 0 Å². The molecule has 0 aromatic rings. The fraction of sp³-hybridized carbons (Fsp3) is 0.879. The van der Waals surface area contributed by atoms with Crippen molar-refractivity contribution < 1.29 is 39.6 Å². The van der Waals surface area contributed by atoms with Crippen molar-refractivity contribution in [1.82, 2.24) is 0 Å². The van der Waals surface area contributed by atoms with Crippen LogP contribution in [-0.2, 0) is 19.2 Å². The summed E-state index contributed by atoms with van der Waals surface area (Å²) in [5.74, 6) is 2.39. The van der Waals surface area contributed by atoms with E-state index in [9.17, 15) is 39.6 Å². The van der Waals surface area contributed by atoms with Crippen LogP contribution < -0.4 is 0 Å². The lowest BCUT2D eigenvalue weighted by molar-refractivity contribution is -0.191. The quantitative estimate of drug-likeness (QED) is 0.364. The maximum absolute atomic E-state index is 11.7. The summed E-state index contributed by atoms with van der Waals surface area (Å²) in [5, 5.41) is 38.1. The van der Waals surface area contributed by atoms with Gasteiger partial charge in [0, 0.05) is 11.8 Å². The van der Waals surface area contributed by atoms with Crippen molar-refractivity contribution in [2.24, 2.45) is 63.6 Å². The second kappa shape index (κ2) is 9.27. The second-order valence-electron chi connectivity index (χ2n) is 16.6. The number of aliphatic carboxylic acids is 3. The van der Waals surface area contributed by atoms with Crippen LogP contribution in [0.5, 0.6) is 0 Å². The molecule has 12 saturated carbocycles. The highest BCUT2D eigenvalue weighted by Gasteiger charge is 2.61. The zero-order chi connectivity index (χ0) is 28.9. The Balaban J connectivity index is 0.000000101. The predicted molar refractivity (Wildman–Crippen MR) is 147 cm³/mol. The summed E-state index contributed by atoms with van der Waals surface area (Å²) in [6.45, 7) is 0. The fourth-order valence-corrected chi connectivity index (χ4v) is 12.8. The van der Waals surface area contributed by atoms with Crippen LogP contribution in [0.2, 0.25) is 0 Å². The molecule has 12 rings (SSSR count). The zero-order valence-corrected chi connectivity index (χ0v) is 24.1. The van der Waals surface area contributed by atoms with Gasteiger partial charge in [0.05, 0.1) is 21.8 Å². The topological polar surface area (TPSA) is 149 Å². The first-order valence-corrected chi connectivity index (χ1v) is 16.3. The maximum Gasteiger partial charge on any atom is 0.309 e. The number of aliphatic hydroxyl groups is 1. The maximum atomic E-state index is 11.7. The summed E-state index contributed by atoms with van der Waals surface area (Å²) in [5.41, 5.74) is -2.01. The SMILES string of the molecule is O=C(O)C12CC3CC(CC(C3)C1)C2.O=C(O)C12CC3CC(CC(O)(C3)C1)C2.O=C1C2CC3CC1CC(C(=O)O)(C3)C2. The van der Waals surface area contributed by atoms with Gasteiger partial charge in [-0.1, -0.05) is 0 Å². The van der Waals surface area contributed by atoms with Gasteiger partial charge < -0.3 is 20.4 Å². The lowest BCUT2D eigenvalue weighted by atomic mass is 9.48. The first-order valence-electron chi connectivity index (χ1n) is 16.3. The molecule has 226 valence electrons. The summed E-state index contributed by atoms with van der Waals surface area (Å²) in [4.78, 5) is 45.5. The van der Waals surface area contributed by atoms with Crippen molar-refractivity contribution in [1.29, 1.82) is 0 Å². The van der Waals surface area contributed by atoms with Gasteiger partial charge in [-0.05, 0) is 145 Å². The molecule has 12 fully saturated rings. The van der Waals surface area contributed by atoms with E-state index < -0.39 is 34.3 Å². The van der Waals surface area contributed by atoms with Crippen LogP contribution in [0.15, 0.2) is 0 Å². The van der Waals surface area contributed by atoms with Gasteiger partial charge in [-0.15, -0.1) is 0 Å². The molecule has 41 heavy (non-hydrogen) atoms. The summed E-state index contributed by atoms with van der Waals surface area (Å²) in [7, 11) is 0. The van der Waals surface area contributed by atoms with Crippen LogP contribution in [0.3, 0.4) is 0 Å². The molecular formula is C33H46O8. The molecule has 12 aliphatic carbocycles. The van der Waals surface area contributed by atoms with Crippen molar-refractivity contribution in [3.05, 3.63) is 0 Å². The molecule has 12 bridgehead atoms. The van der Waals surface area contributed by atoms with E-state index in [-0.39, 0.29) is 17.3 Å². The third-order valence-corrected chi connectivity index (χ3v) is 13.4. The average Bonchev–Trinajstić information content (AvgIpc) is 2.85. The Bertz CT molecular complexity index is 1090. The number of hydrogen-bond donors (Lipinski definition) is 4. The fourth-order valence-electron chi connectivity index (χ4n) is 12.8. The zero-order valence-electron chi connectivity index (χ0n) is 24.1. The van der Waals surface area contributed by atoms with Crippen molar-refractivity contribution >= 4 is 23.7 Å². The Morgan fingerprint density at radius 3 is 1.22 bits per heavy atom. The molecule has 0 heterocycles. The normalized spacial score (nSPS) is 52.4. The number of rotatable bonds is 3. The number of carbonyl (C=O) groups excluding carboxylic acids is 1. The predicted octanol–water partition coefficient (Wildman–Crippen LogP) is 5.16. The smallest absolute Gasteiger partial charge is 0.309 e. The van der Waals surface area contributed by atoms with E-state index in [2.05, 4.69) is 0 Å². The minimum atomic E-state index is -0.676. The number of carbonyl (C=O) groups is 4. The number of carboxylic acid groups (broad SMARTS) is 3. The molecule has 0 amide bonds. The molecule has 4 unspecified atom stereocenters. The molecule has 12 aliphatic rings. The lowest BCUT2D eigenvalue weighted by Gasteiger charge is -2.58. The van der Waals surface area contributed by atoms with E-state index >= 15 is 0 Å². The van der Waals surface area contributed by atoms with Gasteiger partial charge in [-0.25, -0.2) is 0 Å². The Morgan fingerprint density at radius 1 is 0.488 bits per heavy atom. The highest BCUT2D eigenvalue weighted by molar-refractivity contribution is 5.89. The Hall–Kier alpha value is -1.96. The van der Waals surface area contributed by atoms with Crippen molar-refractivity contribution in [2.75, 3.05) is 0 Å². The standard InChI is InChI=1S/C11H16O3.C11H14O3.C11H16O2/c12-9(13)10-2-7-1-8(3-10)5-11(14,4-7)6-10;12-9-7-1-6-2-8(9)5-11(3-6,4-7)10(13)14;12-10(13)11-4-7-1-8(5-11)3-9(2-7)6-11/h7-8,14H,1-6H2,(H,12,13);6-8H,1-5H2,(H,13,14);7-9H,1-6H2,(H,12,13). The Kier molecular flexibility index (Phi) is 6.30. The van der Waals surface area contributed by atoms with Crippen LogP contribution in [0.4, 0.5) is 0 Å². The largest absolute Gasteiger partial charge is 0.481 e. The number of Topliss-reactive ketones (excluding diaryl/α,β-unsaturated/α-hetero) is 1. The van der Waals surface area contributed by atoms with E-state index in [1.807, 2.05) is 0 Å². The third kappa shape index (κ3) is 4.56. The summed E-state index contributed by atoms with van der Waals surface area (Å²) >= 11 is 0. The van der Waals surface area contributed by atoms with E-state index in [1.54, 1.807) is 0 Å². The Labute approximate surface area is 241 Å². The second-order valence-corrected chi connectivity index (χ2v) is 16.6.